The van der Waals surface area contributed by atoms with Gasteiger partial charge in [0.2, 0.25) is 0 Å². The van der Waals surface area contributed by atoms with Gasteiger partial charge < -0.3 is 15.4 Å². The molecule has 0 bridgehead atoms. The minimum absolute atomic E-state index is 0.385. The number of amides is 1. The summed E-state index contributed by atoms with van der Waals surface area (Å²) in [6, 6.07) is 2.05. The molecule has 5 nitrogen and oxygen atoms in total. The van der Waals surface area contributed by atoms with Crippen molar-refractivity contribution < 1.29 is 9.53 Å². The van der Waals surface area contributed by atoms with Gasteiger partial charge in [-0.3, -0.25) is 0 Å². The highest BCUT2D eigenvalue weighted by atomic mass is 16.6. The summed E-state index contributed by atoms with van der Waals surface area (Å²) in [6.45, 7) is 7.55. The van der Waals surface area contributed by atoms with Gasteiger partial charge in [-0.05, 0) is 33.7 Å². The van der Waals surface area contributed by atoms with Gasteiger partial charge in [-0.15, -0.1) is 0 Å². The first-order valence-corrected chi connectivity index (χ1v) is 5.50. The van der Waals surface area contributed by atoms with Gasteiger partial charge in [0.25, 0.3) is 0 Å². The lowest BCUT2D eigenvalue weighted by Gasteiger charge is -2.19. The number of alkyl carbamates (subject to hydrolysis) is 1. The maximum absolute atomic E-state index is 11.2. The lowest BCUT2D eigenvalue weighted by molar-refractivity contribution is 0.0527. The summed E-state index contributed by atoms with van der Waals surface area (Å²) >= 11 is 0. The Kier molecular flexibility index (Phi) is 7.31. The van der Waals surface area contributed by atoms with Crippen LogP contribution in [0.3, 0.4) is 0 Å². The third-order valence-corrected chi connectivity index (χ3v) is 1.61. The smallest absolute Gasteiger partial charge is 0.407 e. The van der Waals surface area contributed by atoms with E-state index in [0.717, 1.165) is 13.0 Å². The van der Waals surface area contributed by atoms with Crippen LogP contribution in [0.5, 0.6) is 0 Å². The second-order valence-electron chi connectivity index (χ2n) is 4.44. The number of hydrogen-bond acceptors (Lipinski definition) is 4. The van der Waals surface area contributed by atoms with E-state index in [2.05, 4.69) is 16.7 Å². The van der Waals surface area contributed by atoms with Crippen molar-refractivity contribution in [3.8, 4) is 6.07 Å². The average Bonchev–Trinajstić information content (AvgIpc) is 2.13. The van der Waals surface area contributed by atoms with Crippen LogP contribution in [0.4, 0.5) is 4.79 Å². The summed E-state index contributed by atoms with van der Waals surface area (Å²) in [4.78, 5) is 11.2. The third kappa shape index (κ3) is 10.8. The molecule has 0 aliphatic carbocycles. The topological polar surface area (TPSA) is 74.2 Å². The van der Waals surface area contributed by atoms with Gasteiger partial charge in [-0.25, -0.2) is 4.79 Å². The Balaban J connectivity index is 3.32. The van der Waals surface area contributed by atoms with Crippen LogP contribution >= 0.6 is 0 Å². The van der Waals surface area contributed by atoms with Crippen molar-refractivity contribution in [2.45, 2.75) is 39.2 Å². The van der Waals surface area contributed by atoms with Crippen molar-refractivity contribution in [3.63, 3.8) is 0 Å². The molecule has 0 unspecified atom stereocenters. The van der Waals surface area contributed by atoms with Gasteiger partial charge in [-0.1, -0.05) is 0 Å². The zero-order chi connectivity index (χ0) is 12.4. The van der Waals surface area contributed by atoms with Crippen LogP contribution in [0, 0.1) is 11.3 Å². The number of nitriles is 1. The van der Waals surface area contributed by atoms with Crippen LogP contribution in [0.1, 0.15) is 33.6 Å². The number of carbonyl (C=O) groups excluding carboxylic acids is 1. The van der Waals surface area contributed by atoms with E-state index in [0.29, 0.717) is 19.5 Å². The molecule has 92 valence electrons. The zero-order valence-electron chi connectivity index (χ0n) is 10.3. The Morgan fingerprint density at radius 3 is 2.56 bits per heavy atom. The van der Waals surface area contributed by atoms with Gasteiger partial charge in [-0.2, -0.15) is 5.26 Å². The first kappa shape index (κ1) is 14.7. The SMILES string of the molecule is CC(C)(C)OC(=O)NCCCNCCC#N. The van der Waals surface area contributed by atoms with E-state index in [4.69, 9.17) is 10.00 Å². The number of nitrogens with one attached hydrogen (secondary N) is 2. The maximum Gasteiger partial charge on any atom is 0.407 e. The Hall–Kier alpha value is -1.28. The second kappa shape index (κ2) is 7.94. The molecule has 0 heterocycles. The molecule has 0 fully saturated rings. The molecular formula is C11H21N3O2. The van der Waals surface area contributed by atoms with Crippen molar-refractivity contribution in [2.24, 2.45) is 0 Å². The van der Waals surface area contributed by atoms with Gasteiger partial charge in [0, 0.05) is 19.5 Å². The molecule has 0 saturated heterocycles. The van der Waals surface area contributed by atoms with Crippen molar-refractivity contribution in [1.82, 2.24) is 10.6 Å². The Labute approximate surface area is 97.2 Å². The highest BCUT2D eigenvalue weighted by Gasteiger charge is 2.15. The van der Waals surface area contributed by atoms with Gasteiger partial charge in [0.1, 0.15) is 5.60 Å². The number of hydrogen-bond donors (Lipinski definition) is 2. The Morgan fingerprint density at radius 2 is 2.00 bits per heavy atom. The summed E-state index contributed by atoms with van der Waals surface area (Å²) in [6.07, 6.45) is 0.953. The van der Waals surface area contributed by atoms with Gasteiger partial charge in [0.15, 0.2) is 0 Å². The van der Waals surface area contributed by atoms with Crippen LogP contribution < -0.4 is 10.6 Å². The van der Waals surface area contributed by atoms with Crippen molar-refractivity contribution in [2.75, 3.05) is 19.6 Å². The van der Waals surface area contributed by atoms with Crippen LogP contribution in [0.2, 0.25) is 0 Å². The minimum Gasteiger partial charge on any atom is -0.444 e. The molecule has 0 aromatic heterocycles. The van der Waals surface area contributed by atoms with E-state index in [9.17, 15) is 4.79 Å². The fraction of sp³-hybridized carbons (Fsp3) is 0.818. The molecule has 2 N–H and O–H groups in total. The lowest BCUT2D eigenvalue weighted by atomic mass is 10.2. The number of nitrogens with zero attached hydrogens (tertiary/aromatic N) is 1. The minimum atomic E-state index is -0.449. The number of rotatable bonds is 6. The Bertz CT molecular complexity index is 241. The van der Waals surface area contributed by atoms with Crippen molar-refractivity contribution in [3.05, 3.63) is 0 Å². The first-order chi connectivity index (χ1) is 7.45. The molecule has 0 aromatic rings. The van der Waals surface area contributed by atoms with Gasteiger partial charge in [0.05, 0.1) is 6.07 Å². The largest absolute Gasteiger partial charge is 0.444 e. The third-order valence-electron chi connectivity index (χ3n) is 1.61. The Morgan fingerprint density at radius 1 is 1.31 bits per heavy atom. The lowest BCUT2D eigenvalue weighted by Crippen LogP contribution is -2.34. The molecule has 0 spiro atoms. The standard InChI is InChI=1S/C11H21N3O2/c1-11(2,3)16-10(15)14-9-5-8-13-7-4-6-12/h13H,4-5,7-9H2,1-3H3,(H,14,15). The van der Waals surface area contributed by atoms with E-state index in [-0.39, 0.29) is 6.09 Å². The maximum atomic E-state index is 11.2. The summed E-state index contributed by atoms with van der Waals surface area (Å²) in [5.74, 6) is 0. The van der Waals surface area contributed by atoms with E-state index >= 15 is 0 Å². The average molecular weight is 227 g/mol. The summed E-state index contributed by atoms with van der Waals surface area (Å²) < 4.78 is 5.07. The van der Waals surface area contributed by atoms with Crippen LogP contribution in [-0.2, 0) is 4.74 Å². The summed E-state index contributed by atoms with van der Waals surface area (Å²) in [5.41, 5.74) is -0.449. The number of ether oxygens (including phenoxy) is 1. The second-order valence-corrected chi connectivity index (χ2v) is 4.44. The fourth-order valence-electron chi connectivity index (χ4n) is 0.987. The summed E-state index contributed by atoms with van der Waals surface area (Å²) in [5, 5.41) is 14.0. The predicted molar refractivity (Wildman–Crippen MR) is 62.0 cm³/mol. The van der Waals surface area contributed by atoms with E-state index in [1.54, 1.807) is 0 Å². The van der Waals surface area contributed by atoms with Crippen molar-refractivity contribution >= 4 is 6.09 Å². The highest BCUT2D eigenvalue weighted by Crippen LogP contribution is 2.06. The first-order valence-electron chi connectivity index (χ1n) is 5.50. The molecule has 16 heavy (non-hydrogen) atoms. The van der Waals surface area contributed by atoms with Crippen LogP contribution in [0.15, 0.2) is 0 Å². The fourth-order valence-corrected chi connectivity index (χ4v) is 0.987. The summed E-state index contributed by atoms with van der Waals surface area (Å²) in [7, 11) is 0. The van der Waals surface area contributed by atoms with Crippen LogP contribution in [0.25, 0.3) is 0 Å². The van der Waals surface area contributed by atoms with Crippen molar-refractivity contribution in [1.29, 1.82) is 5.26 Å². The molecule has 0 aromatic carbocycles. The molecule has 0 atom stereocenters. The zero-order valence-corrected chi connectivity index (χ0v) is 10.3. The molecule has 0 aliphatic rings. The van der Waals surface area contributed by atoms with Crippen LogP contribution in [-0.4, -0.2) is 31.3 Å². The highest BCUT2D eigenvalue weighted by molar-refractivity contribution is 5.67. The monoisotopic (exact) mass is 227 g/mol. The molecule has 0 aliphatic heterocycles. The molecule has 0 rings (SSSR count). The molecule has 0 radical (unpaired) electrons. The number of carbonyl (C=O) groups is 1. The molecule has 1 amide bonds. The normalized spacial score (nSPS) is 10.6. The molecule has 5 heteroatoms. The molecule has 0 saturated carbocycles. The van der Waals surface area contributed by atoms with E-state index in [1.807, 2.05) is 20.8 Å². The van der Waals surface area contributed by atoms with E-state index in [1.165, 1.54) is 0 Å². The van der Waals surface area contributed by atoms with Gasteiger partial charge >= 0.3 is 6.09 Å². The molecular weight excluding hydrogens is 206 g/mol. The van der Waals surface area contributed by atoms with E-state index < -0.39 is 5.60 Å². The predicted octanol–water partition coefficient (Wildman–Crippen LogP) is 1.40. The quantitative estimate of drug-likeness (QED) is 0.673.